The number of ether oxygens (including phenoxy) is 1. The monoisotopic (exact) mass is 420 g/mol. The highest BCUT2D eigenvalue weighted by atomic mass is 32.1. The largest absolute Gasteiger partial charge is 0.486 e. The zero-order chi connectivity index (χ0) is 21.7. The highest BCUT2D eigenvalue weighted by Gasteiger charge is 2.18. The quantitative estimate of drug-likeness (QED) is 0.434. The summed E-state index contributed by atoms with van der Waals surface area (Å²) in [6.07, 6.45) is 1.75. The van der Waals surface area contributed by atoms with Gasteiger partial charge in [-0.2, -0.15) is 0 Å². The van der Waals surface area contributed by atoms with E-state index in [9.17, 15) is 4.79 Å². The minimum atomic E-state index is -0.00957. The predicted octanol–water partition coefficient (Wildman–Crippen LogP) is 5.78. The van der Waals surface area contributed by atoms with Gasteiger partial charge in [-0.25, -0.2) is 4.98 Å². The maximum absolute atomic E-state index is 13.0. The fraction of sp³-hybridized carbons (Fsp3) is 0.280. The summed E-state index contributed by atoms with van der Waals surface area (Å²) < 4.78 is 6.03. The first-order valence-electron chi connectivity index (χ1n) is 9.98. The number of thiazole rings is 1. The van der Waals surface area contributed by atoms with Crippen LogP contribution in [-0.2, 0) is 13.2 Å². The first-order chi connectivity index (χ1) is 14.4. The van der Waals surface area contributed by atoms with E-state index in [1.165, 1.54) is 11.1 Å². The number of carbonyl (C=O) groups excluding carboxylic acids is 1. The molecule has 0 saturated carbocycles. The van der Waals surface area contributed by atoms with Crippen molar-refractivity contribution in [3.05, 3.63) is 93.0 Å². The number of aromatic nitrogens is 1. The molecule has 1 amide bonds. The van der Waals surface area contributed by atoms with Crippen LogP contribution in [-0.4, -0.2) is 22.3 Å². The van der Waals surface area contributed by atoms with Gasteiger partial charge in [-0.05, 0) is 62.1 Å². The van der Waals surface area contributed by atoms with Crippen LogP contribution in [0.2, 0.25) is 0 Å². The van der Waals surface area contributed by atoms with Crippen molar-refractivity contribution in [3.8, 4) is 5.75 Å². The molecule has 0 saturated heterocycles. The number of hydrogen-bond donors (Lipinski definition) is 0. The normalized spacial score (nSPS) is 10.7. The molecule has 0 spiro atoms. The van der Waals surface area contributed by atoms with Crippen LogP contribution in [0.25, 0.3) is 0 Å². The lowest BCUT2D eigenvalue weighted by Gasteiger charge is -2.21. The summed E-state index contributed by atoms with van der Waals surface area (Å²) in [5, 5.41) is 2.89. The van der Waals surface area contributed by atoms with Crippen LogP contribution in [0.1, 0.15) is 43.3 Å². The zero-order valence-electron chi connectivity index (χ0n) is 18.1. The molecule has 1 aromatic heterocycles. The first kappa shape index (κ1) is 21.8. The summed E-state index contributed by atoms with van der Waals surface area (Å²) in [6, 6.07) is 11.9. The summed E-state index contributed by atoms with van der Waals surface area (Å²) in [5.41, 5.74) is 6.09. The fourth-order valence-electron chi connectivity index (χ4n) is 3.33. The first-order valence-corrected chi connectivity index (χ1v) is 10.9. The van der Waals surface area contributed by atoms with Gasteiger partial charge >= 0.3 is 0 Å². The third-order valence-corrected chi connectivity index (χ3v) is 5.95. The van der Waals surface area contributed by atoms with Gasteiger partial charge in [-0.1, -0.05) is 30.3 Å². The second-order valence-corrected chi connectivity index (χ2v) is 8.46. The van der Waals surface area contributed by atoms with E-state index in [2.05, 4.69) is 44.5 Å². The lowest BCUT2D eigenvalue weighted by molar-refractivity contribution is 0.0760. The van der Waals surface area contributed by atoms with E-state index < -0.39 is 0 Å². The van der Waals surface area contributed by atoms with E-state index in [-0.39, 0.29) is 5.91 Å². The predicted molar refractivity (Wildman–Crippen MR) is 123 cm³/mol. The minimum absolute atomic E-state index is 0.00957. The summed E-state index contributed by atoms with van der Waals surface area (Å²) in [7, 11) is 0. The van der Waals surface area contributed by atoms with Crippen molar-refractivity contribution in [2.24, 2.45) is 0 Å². The van der Waals surface area contributed by atoms with Gasteiger partial charge < -0.3 is 9.64 Å². The summed E-state index contributed by atoms with van der Waals surface area (Å²) >= 11 is 1.55. The Labute approximate surface area is 182 Å². The molecule has 4 nitrogen and oxygen atoms in total. The number of aryl methyl sites for hydroxylation is 3. The van der Waals surface area contributed by atoms with Crippen molar-refractivity contribution in [2.75, 3.05) is 6.54 Å². The standard InChI is InChI=1S/C25H28N2O2S/c1-6-11-27(25(28)22-10-8-7-9-18(22)3)14-21-16-30-24(26-21)15-29-23-13-17(2)12-19(4)20(23)5/h6-10,12-13,16H,1,11,14-15H2,2-5H3. The molecular weight excluding hydrogens is 392 g/mol. The highest BCUT2D eigenvalue weighted by molar-refractivity contribution is 7.09. The topological polar surface area (TPSA) is 42.4 Å². The van der Waals surface area contributed by atoms with E-state index in [0.717, 1.165) is 27.6 Å². The van der Waals surface area contributed by atoms with Crippen LogP contribution in [0.5, 0.6) is 5.75 Å². The van der Waals surface area contributed by atoms with Crippen molar-refractivity contribution < 1.29 is 9.53 Å². The second kappa shape index (κ2) is 9.72. The molecule has 0 fully saturated rings. The molecule has 0 bridgehead atoms. The number of rotatable bonds is 8. The van der Waals surface area contributed by atoms with Gasteiger partial charge in [0.15, 0.2) is 0 Å². The molecule has 0 unspecified atom stereocenters. The Balaban J connectivity index is 1.69. The Bertz CT molecular complexity index is 1060. The lowest BCUT2D eigenvalue weighted by Crippen LogP contribution is -2.31. The highest BCUT2D eigenvalue weighted by Crippen LogP contribution is 2.25. The third kappa shape index (κ3) is 5.16. The van der Waals surface area contributed by atoms with Crippen LogP contribution < -0.4 is 4.74 Å². The van der Waals surface area contributed by atoms with Gasteiger partial charge in [0.1, 0.15) is 17.4 Å². The molecule has 1 heterocycles. The Morgan fingerprint density at radius 3 is 2.67 bits per heavy atom. The maximum Gasteiger partial charge on any atom is 0.254 e. The van der Waals surface area contributed by atoms with Gasteiger partial charge in [-0.3, -0.25) is 4.79 Å². The van der Waals surface area contributed by atoms with Crippen molar-refractivity contribution >= 4 is 17.2 Å². The van der Waals surface area contributed by atoms with Crippen molar-refractivity contribution in [1.82, 2.24) is 9.88 Å². The third-order valence-electron chi connectivity index (χ3n) is 5.08. The molecule has 3 rings (SSSR count). The molecular formula is C25H28N2O2S. The average molecular weight is 421 g/mol. The number of amides is 1. The van der Waals surface area contributed by atoms with E-state index in [1.54, 1.807) is 22.3 Å². The van der Waals surface area contributed by atoms with Crippen LogP contribution in [0.15, 0.2) is 54.4 Å². The van der Waals surface area contributed by atoms with Crippen LogP contribution >= 0.6 is 11.3 Å². The summed E-state index contributed by atoms with van der Waals surface area (Å²) in [5.74, 6) is 0.886. The zero-order valence-corrected chi connectivity index (χ0v) is 18.9. The molecule has 0 aliphatic carbocycles. The van der Waals surface area contributed by atoms with E-state index in [4.69, 9.17) is 4.74 Å². The molecule has 0 N–H and O–H groups in total. The van der Waals surface area contributed by atoms with Crippen LogP contribution in [0.3, 0.4) is 0 Å². The van der Waals surface area contributed by atoms with Gasteiger partial charge in [-0.15, -0.1) is 17.9 Å². The summed E-state index contributed by atoms with van der Waals surface area (Å²) in [6.45, 7) is 13.3. The SMILES string of the molecule is C=CCN(Cc1csc(COc2cc(C)cc(C)c2C)n1)C(=O)c1ccccc1C. The van der Waals surface area contributed by atoms with Gasteiger partial charge in [0, 0.05) is 17.5 Å². The molecule has 156 valence electrons. The Kier molecular flexibility index (Phi) is 7.06. The Hall–Kier alpha value is -2.92. The molecule has 30 heavy (non-hydrogen) atoms. The number of nitrogens with zero attached hydrogens (tertiary/aromatic N) is 2. The van der Waals surface area contributed by atoms with Crippen molar-refractivity contribution in [2.45, 2.75) is 40.8 Å². The Morgan fingerprint density at radius 1 is 1.17 bits per heavy atom. The average Bonchev–Trinajstić information content (AvgIpc) is 3.16. The maximum atomic E-state index is 13.0. The number of benzene rings is 2. The molecule has 5 heteroatoms. The number of hydrogen-bond acceptors (Lipinski definition) is 4. The smallest absolute Gasteiger partial charge is 0.254 e. The van der Waals surface area contributed by atoms with E-state index in [0.29, 0.717) is 25.3 Å². The van der Waals surface area contributed by atoms with E-state index in [1.807, 2.05) is 36.6 Å². The summed E-state index contributed by atoms with van der Waals surface area (Å²) in [4.78, 5) is 19.5. The van der Waals surface area contributed by atoms with Gasteiger partial charge in [0.25, 0.3) is 5.91 Å². The molecule has 0 aliphatic heterocycles. The molecule has 2 aromatic carbocycles. The minimum Gasteiger partial charge on any atom is -0.486 e. The van der Waals surface area contributed by atoms with Crippen molar-refractivity contribution in [3.63, 3.8) is 0 Å². The molecule has 0 aliphatic rings. The Morgan fingerprint density at radius 2 is 1.93 bits per heavy atom. The van der Waals surface area contributed by atoms with E-state index >= 15 is 0 Å². The van der Waals surface area contributed by atoms with Crippen LogP contribution in [0, 0.1) is 27.7 Å². The molecule has 0 atom stereocenters. The number of carbonyl (C=O) groups is 1. The molecule has 0 radical (unpaired) electrons. The lowest BCUT2D eigenvalue weighted by atomic mass is 10.1. The van der Waals surface area contributed by atoms with Crippen molar-refractivity contribution in [1.29, 1.82) is 0 Å². The van der Waals surface area contributed by atoms with Crippen LogP contribution in [0.4, 0.5) is 0 Å². The van der Waals surface area contributed by atoms with Gasteiger partial charge in [0.2, 0.25) is 0 Å². The second-order valence-electron chi connectivity index (χ2n) is 7.52. The molecule has 3 aromatic rings. The van der Waals surface area contributed by atoms with Gasteiger partial charge in [0.05, 0.1) is 12.2 Å². The fourth-order valence-corrected chi connectivity index (χ4v) is 4.03.